The molecule has 22 heavy (non-hydrogen) atoms. The molecule has 0 atom stereocenters. The molecule has 114 valence electrons. The second-order valence-electron chi connectivity index (χ2n) is 4.92. The van der Waals surface area contributed by atoms with Crippen LogP contribution in [0.5, 0.6) is 0 Å². The molecule has 0 fully saturated rings. The monoisotopic (exact) mass is 322 g/mol. The fourth-order valence-corrected chi connectivity index (χ4v) is 2.62. The minimum Gasteiger partial charge on any atom is -0.368 e. The van der Waals surface area contributed by atoms with E-state index in [1.54, 1.807) is 16.7 Å². The number of anilines is 1. The number of aryl methyl sites for hydroxylation is 1. The Balaban J connectivity index is 1.81. The summed E-state index contributed by atoms with van der Waals surface area (Å²) >= 11 is 5.78. The fraction of sp³-hybridized carbons (Fsp3) is 0.200. The lowest BCUT2D eigenvalue weighted by molar-refractivity contribution is 0.584. The highest BCUT2D eigenvalue weighted by molar-refractivity contribution is 6.29. The Kier molecular flexibility index (Phi) is 3.94. The Labute approximate surface area is 130 Å². The lowest BCUT2D eigenvalue weighted by Gasteiger charge is -2.10. The van der Waals surface area contributed by atoms with Gasteiger partial charge in [0.2, 0.25) is 0 Å². The van der Waals surface area contributed by atoms with E-state index >= 15 is 0 Å². The maximum atomic E-state index is 14.0. The van der Waals surface area contributed by atoms with Crippen LogP contribution in [-0.2, 0) is 6.54 Å². The molecule has 0 aliphatic rings. The molecule has 0 amide bonds. The molecule has 3 rings (SSSR count). The van der Waals surface area contributed by atoms with Crippen molar-refractivity contribution in [3.63, 3.8) is 0 Å². The van der Waals surface area contributed by atoms with Gasteiger partial charge in [-0.1, -0.05) is 11.6 Å². The third-order valence-corrected chi connectivity index (χ3v) is 3.60. The predicted octanol–water partition coefficient (Wildman–Crippen LogP) is 3.78. The molecule has 2 heterocycles. The lowest BCUT2D eigenvalue weighted by atomic mass is 10.2. The average molecular weight is 323 g/mol. The standard InChI is InChI=1S/C15H13ClF2N4/c1-9-4-10-5-11(17)6-12(18)15(10)22(9)3-2-19-14-7-13(16)20-8-21-14/h4-8H,2-3H2,1H3,(H,19,20,21). The molecule has 4 nitrogen and oxygen atoms in total. The zero-order chi connectivity index (χ0) is 15.7. The van der Waals surface area contributed by atoms with Crippen LogP contribution in [0.25, 0.3) is 10.9 Å². The molecular weight excluding hydrogens is 310 g/mol. The Morgan fingerprint density at radius 3 is 2.77 bits per heavy atom. The second-order valence-corrected chi connectivity index (χ2v) is 5.30. The average Bonchev–Trinajstić information content (AvgIpc) is 2.75. The number of halogens is 3. The first-order valence-electron chi connectivity index (χ1n) is 6.71. The molecule has 0 unspecified atom stereocenters. The SMILES string of the molecule is Cc1cc2cc(F)cc(F)c2n1CCNc1cc(Cl)ncn1. The van der Waals surface area contributed by atoms with Gasteiger partial charge in [-0.05, 0) is 19.1 Å². The van der Waals surface area contributed by atoms with Crippen molar-refractivity contribution in [3.05, 3.63) is 53.1 Å². The molecule has 0 aliphatic carbocycles. The summed E-state index contributed by atoms with van der Waals surface area (Å²) in [6.07, 6.45) is 1.36. The maximum Gasteiger partial charge on any atom is 0.150 e. The summed E-state index contributed by atoms with van der Waals surface area (Å²) in [6.45, 7) is 2.90. The van der Waals surface area contributed by atoms with E-state index in [2.05, 4.69) is 15.3 Å². The predicted molar refractivity (Wildman–Crippen MR) is 82.1 cm³/mol. The Bertz CT molecular complexity index is 832. The van der Waals surface area contributed by atoms with Gasteiger partial charge in [0.25, 0.3) is 0 Å². The van der Waals surface area contributed by atoms with Gasteiger partial charge in [-0.15, -0.1) is 0 Å². The van der Waals surface area contributed by atoms with Gasteiger partial charge in [0.05, 0.1) is 5.52 Å². The van der Waals surface area contributed by atoms with Gasteiger partial charge in [-0.2, -0.15) is 0 Å². The van der Waals surface area contributed by atoms with E-state index in [9.17, 15) is 8.78 Å². The van der Waals surface area contributed by atoms with Crippen LogP contribution in [0, 0.1) is 18.6 Å². The highest BCUT2D eigenvalue weighted by Gasteiger charge is 2.12. The van der Waals surface area contributed by atoms with Crippen LogP contribution >= 0.6 is 11.6 Å². The topological polar surface area (TPSA) is 42.7 Å². The van der Waals surface area contributed by atoms with Crippen LogP contribution < -0.4 is 5.32 Å². The minimum absolute atomic E-state index is 0.349. The molecule has 0 aliphatic heterocycles. The summed E-state index contributed by atoms with van der Waals surface area (Å²) in [7, 11) is 0. The number of benzene rings is 1. The molecule has 0 bridgehead atoms. The molecule has 0 spiro atoms. The summed E-state index contributed by atoms with van der Waals surface area (Å²) in [4.78, 5) is 7.83. The number of hydrogen-bond acceptors (Lipinski definition) is 3. The summed E-state index contributed by atoms with van der Waals surface area (Å²) in [6, 6.07) is 5.61. The molecule has 3 aromatic rings. The first-order chi connectivity index (χ1) is 10.5. The second kappa shape index (κ2) is 5.88. The number of aromatic nitrogens is 3. The van der Waals surface area contributed by atoms with Crippen molar-refractivity contribution in [1.29, 1.82) is 0 Å². The van der Waals surface area contributed by atoms with Gasteiger partial charge in [-0.3, -0.25) is 0 Å². The normalized spacial score (nSPS) is 11.1. The summed E-state index contributed by atoms with van der Waals surface area (Å²) in [5, 5.41) is 4.00. The van der Waals surface area contributed by atoms with Gasteiger partial charge < -0.3 is 9.88 Å². The lowest BCUT2D eigenvalue weighted by Crippen LogP contribution is -2.12. The highest BCUT2D eigenvalue weighted by atomic mass is 35.5. The third-order valence-electron chi connectivity index (χ3n) is 3.39. The van der Waals surface area contributed by atoms with E-state index < -0.39 is 11.6 Å². The van der Waals surface area contributed by atoms with Gasteiger partial charge in [0.15, 0.2) is 0 Å². The van der Waals surface area contributed by atoms with Gasteiger partial charge in [-0.25, -0.2) is 18.7 Å². The zero-order valence-corrected chi connectivity index (χ0v) is 12.5. The molecule has 1 N–H and O–H groups in total. The number of nitrogens with zero attached hydrogens (tertiary/aromatic N) is 3. The van der Waals surface area contributed by atoms with Crippen molar-refractivity contribution < 1.29 is 8.78 Å². The third kappa shape index (κ3) is 2.87. The van der Waals surface area contributed by atoms with Gasteiger partial charge >= 0.3 is 0 Å². The maximum absolute atomic E-state index is 14.0. The molecule has 7 heteroatoms. The summed E-state index contributed by atoms with van der Waals surface area (Å²) < 4.78 is 29.1. The van der Waals surface area contributed by atoms with Crippen LogP contribution in [0.1, 0.15) is 5.69 Å². The van der Waals surface area contributed by atoms with Crippen molar-refractivity contribution in [3.8, 4) is 0 Å². The Hall–Kier alpha value is -2.21. The first-order valence-corrected chi connectivity index (χ1v) is 7.08. The number of fused-ring (bicyclic) bond motifs is 1. The van der Waals surface area contributed by atoms with E-state index in [-0.39, 0.29) is 0 Å². The minimum atomic E-state index is -0.573. The van der Waals surface area contributed by atoms with Crippen LogP contribution in [0.4, 0.5) is 14.6 Å². The van der Waals surface area contributed by atoms with Crippen molar-refractivity contribution in [2.24, 2.45) is 0 Å². The van der Waals surface area contributed by atoms with E-state index in [4.69, 9.17) is 11.6 Å². The smallest absolute Gasteiger partial charge is 0.150 e. The first kappa shape index (κ1) is 14.7. The Morgan fingerprint density at radius 1 is 1.18 bits per heavy atom. The highest BCUT2D eigenvalue weighted by Crippen LogP contribution is 2.23. The molecule has 2 aromatic heterocycles. The van der Waals surface area contributed by atoms with E-state index in [1.165, 1.54) is 12.4 Å². The number of hydrogen-bond donors (Lipinski definition) is 1. The van der Waals surface area contributed by atoms with E-state index in [0.717, 1.165) is 11.8 Å². The number of nitrogens with one attached hydrogen (secondary N) is 1. The van der Waals surface area contributed by atoms with Crippen molar-refractivity contribution in [1.82, 2.24) is 14.5 Å². The fourth-order valence-electron chi connectivity index (χ4n) is 2.47. The van der Waals surface area contributed by atoms with Crippen LogP contribution in [0.2, 0.25) is 5.15 Å². The Morgan fingerprint density at radius 2 is 2.00 bits per heavy atom. The van der Waals surface area contributed by atoms with Crippen LogP contribution in [0.3, 0.4) is 0 Å². The van der Waals surface area contributed by atoms with Crippen LogP contribution in [0.15, 0.2) is 30.6 Å². The van der Waals surface area contributed by atoms with Crippen LogP contribution in [-0.4, -0.2) is 21.1 Å². The van der Waals surface area contributed by atoms with E-state index in [0.29, 0.717) is 35.0 Å². The van der Waals surface area contributed by atoms with Crippen molar-refractivity contribution >= 4 is 28.3 Å². The number of rotatable bonds is 4. The van der Waals surface area contributed by atoms with E-state index in [1.807, 2.05) is 6.92 Å². The van der Waals surface area contributed by atoms with Crippen molar-refractivity contribution in [2.45, 2.75) is 13.5 Å². The zero-order valence-electron chi connectivity index (χ0n) is 11.8. The summed E-state index contributed by atoms with van der Waals surface area (Å²) in [5.41, 5.74) is 1.27. The molecule has 0 saturated carbocycles. The van der Waals surface area contributed by atoms with Gasteiger partial charge in [0.1, 0.15) is 28.9 Å². The largest absolute Gasteiger partial charge is 0.368 e. The molecule has 0 saturated heterocycles. The quantitative estimate of drug-likeness (QED) is 0.743. The molecular formula is C15H13ClF2N4. The van der Waals surface area contributed by atoms with Gasteiger partial charge in [0, 0.05) is 36.3 Å². The molecule has 0 radical (unpaired) electrons. The molecule has 1 aromatic carbocycles. The van der Waals surface area contributed by atoms with Crippen molar-refractivity contribution in [2.75, 3.05) is 11.9 Å². The summed E-state index contributed by atoms with van der Waals surface area (Å²) in [5.74, 6) is -0.537.